The largest absolute Gasteiger partial charge is 0.301 e. The number of aromatic nitrogens is 3. The van der Waals surface area contributed by atoms with E-state index < -0.39 is 0 Å². The number of likely N-dealkylation sites (N-methyl/N-ethyl adjacent to an activating group) is 1. The summed E-state index contributed by atoms with van der Waals surface area (Å²) in [4.78, 5) is 20.1. The van der Waals surface area contributed by atoms with Crippen molar-refractivity contribution < 1.29 is 4.79 Å². The summed E-state index contributed by atoms with van der Waals surface area (Å²) in [5.41, 5.74) is 2.47. The second kappa shape index (κ2) is 5.34. The average molecular weight is 291 g/mol. The van der Waals surface area contributed by atoms with Gasteiger partial charge in [-0.1, -0.05) is 6.92 Å². The first-order chi connectivity index (χ1) is 9.65. The highest BCUT2D eigenvalue weighted by atomic mass is 32.1. The topological polar surface area (TPSA) is 73.9 Å². The molecular weight excluding hydrogens is 274 g/mol. The Balaban J connectivity index is 1.73. The molecule has 106 valence electrons. The van der Waals surface area contributed by atoms with Crippen molar-refractivity contribution in [2.24, 2.45) is 0 Å². The minimum absolute atomic E-state index is 0.208. The number of thiazole rings is 1. The zero-order valence-corrected chi connectivity index (χ0v) is 12.4. The lowest BCUT2D eigenvalue weighted by Crippen LogP contribution is -2.25. The maximum Gasteiger partial charge on any atom is 0.277 e. The summed E-state index contributed by atoms with van der Waals surface area (Å²) < 4.78 is 0. The number of anilines is 1. The Hall–Kier alpha value is -1.73. The molecule has 0 atom stereocenters. The molecule has 0 saturated heterocycles. The highest BCUT2D eigenvalue weighted by Gasteiger charge is 2.20. The average Bonchev–Trinajstić information content (AvgIpc) is 3.03. The Morgan fingerprint density at radius 3 is 3.20 bits per heavy atom. The highest BCUT2D eigenvalue weighted by Crippen LogP contribution is 2.27. The van der Waals surface area contributed by atoms with E-state index in [4.69, 9.17) is 0 Å². The Labute approximate surface area is 121 Å². The maximum atomic E-state index is 12.1. The third-order valence-electron chi connectivity index (χ3n) is 3.39. The van der Waals surface area contributed by atoms with Gasteiger partial charge in [-0.2, -0.15) is 5.10 Å². The van der Waals surface area contributed by atoms with Gasteiger partial charge in [0.05, 0.1) is 5.69 Å². The van der Waals surface area contributed by atoms with Crippen LogP contribution in [0.5, 0.6) is 0 Å². The number of carbonyl (C=O) groups is 1. The van der Waals surface area contributed by atoms with Crippen LogP contribution in [0.1, 0.15) is 33.7 Å². The minimum Gasteiger partial charge on any atom is -0.301 e. The molecule has 0 radical (unpaired) electrons. The number of nitrogens with one attached hydrogen (secondary N) is 2. The zero-order chi connectivity index (χ0) is 14.1. The smallest absolute Gasteiger partial charge is 0.277 e. The lowest BCUT2D eigenvalue weighted by Gasteiger charge is -2.20. The molecule has 1 aliphatic rings. The van der Waals surface area contributed by atoms with Gasteiger partial charge in [0.2, 0.25) is 0 Å². The molecule has 0 saturated carbocycles. The van der Waals surface area contributed by atoms with Gasteiger partial charge in [-0.05, 0) is 19.5 Å². The highest BCUT2D eigenvalue weighted by molar-refractivity contribution is 7.15. The number of H-pyrrole nitrogens is 1. The second-order valence-electron chi connectivity index (χ2n) is 4.96. The molecule has 0 bridgehead atoms. The Bertz CT molecular complexity index is 632. The molecule has 0 aromatic carbocycles. The van der Waals surface area contributed by atoms with Crippen molar-refractivity contribution in [1.29, 1.82) is 0 Å². The van der Waals surface area contributed by atoms with E-state index in [0.717, 1.165) is 37.3 Å². The zero-order valence-electron chi connectivity index (χ0n) is 11.6. The molecule has 0 spiro atoms. The number of aromatic amines is 1. The predicted molar refractivity (Wildman–Crippen MR) is 78.1 cm³/mol. The third kappa shape index (κ3) is 2.59. The van der Waals surface area contributed by atoms with Crippen LogP contribution in [0, 0.1) is 0 Å². The second-order valence-corrected chi connectivity index (χ2v) is 6.05. The number of hydrogen-bond donors (Lipinski definition) is 2. The summed E-state index contributed by atoms with van der Waals surface area (Å²) in [5, 5.41) is 10.3. The van der Waals surface area contributed by atoms with Gasteiger partial charge >= 0.3 is 0 Å². The number of hydrogen-bond acceptors (Lipinski definition) is 5. The number of fused-ring (bicyclic) bond motifs is 1. The molecule has 6 nitrogen and oxygen atoms in total. The number of aryl methyl sites for hydroxylation is 1. The molecule has 20 heavy (non-hydrogen) atoms. The number of amides is 1. The van der Waals surface area contributed by atoms with Crippen molar-refractivity contribution in [3.05, 3.63) is 28.0 Å². The van der Waals surface area contributed by atoms with Gasteiger partial charge in [0.1, 0.15) is 0 Å². The van der Waals surface area contributed by atoms with Crippen LogP contribution in [0.3, 0.4) is 0 Å². The van der Waals surface area contributed by atoms with Gasteiger partial charge in [0, 0.05) is 30.1 Å². The van der Waals surface area contributed by atoms with Crippen molar-refractivity contribution in [2.75, 3.05) is 18.9 Å². The predicted octanol–water partition coefficient (Wildman–Crippen LogP) is 1.67. The summed E-state index contributed by atoms with van der Waals surface area (Å²) in [6, 6.07) is 1.77. The summed E-state index contributed by atoms with van der Waals surface area (Å²) in [7, 11) is 2.09. The van der Waals surface area contributed by atoms with Gasteiger partial charge in [-0.3, -0.25) is 15.2 Å². The van der Waals surface area contributed by atoms with Crippen molar-refractivity contribution in [3.8, 4) is 0 Å². The fraction of sp³-hybridized carbons (Fsp3) is 0.462. The van der Waals surface area contributed by atoms with Crippen molar-refractivity contribution in [3.63, 3.8) is 0 Å². The lowest BCUT2D eigenvalue weighted by atomic mass is 10.2. The number of carbonyl (C=O) groups excluding carboxylic acids is 1. The molecule has 3 rings (SSSR count). The van der Waals surface area contributed by atoms with Crippen LogP contribution in [0.2, 0.25) is 0 Å². The molecule has 7 heteroatoms. The SMILES string of the molecule is CCc1cc(C(=O)Nc2nc3c(s2)CN(C)CC3)n[nH]1. The minimum atomic E-state index is -0.208. The molecule has 0 aliphatic carbocycles. The van der Waals surface area contributed by atoms with E-state index in [1.165, 1.54) is 4.88 Å². The van der Waals surface area contributed by atoms with Crippen LogP contribution in [0.4, 0.5) is 5.13 Å². The van der Waals surface area contributed by atoms with E-state index in [-0.39, 0.29) is 5.91 Å². The quantitative estimate of drug-likeness (QED) is 0.902. The first-order valence-electron chi connectivity index (χ1n) is 6.68. The van der Waals surface area contributed by atoms with Gasteiger partial charge in [-0.15, -0.1) is 11.3 Å². The van der Waals surface area contributed by atoms with Gasteiger partial charge in [0.15, 0.2) is 10.8 Å². The summed E-state index contributed by atoms with van der Waals surface area (Å²) in [6.45, 7) is 3.94. The molecule has 1 aliphatic heterocycles. The molecule has 2 aromatic rings. The van der Waals surface area contributed by atoms with E-state index in [1.54, 1.807) is 17.4 Å². The van der Waals surface area contributed by atoms with Gasteiger partial charge in [-0.25, -0.2) is 4.98 Å². The van der Waals surface area contributed by atoms with E-state index >= 15 is 0 Å². The molecule has 0 fully saturated rings. The van der Waals surface area contributed by atoms with Crippen LogP contribution < -0.4 is 5.32 Å². The van der Waals surface area contributed by atoms with Crippen LogP contribution in [-0.2, 0) is 19.4 Å². The van der Waals surface area contributed by atoms with Crippen LogP contribution >= 0.6 is 11.3 Å². The van der Waals surface area contributed by atoms with Crippen LogP contribution in [0.15, 0.2) is 6.07 Å². The monoisotopic (exact) mass is 291 g/mol. The van der Waals surface area contributed by atoms with Crippen LogP contribution in [-0.4, -0.2) is 39.6 Å². The number of rotatable bonds is 3. The van der Waals surface area contributed by atoms with E-state index in [0.29, 0.717) is 10.8 Å². The Kier molecular flexibility index (Phi) is 3.54. The maximum absolute atomic E-state index is 12.1. The fourth-order valence-electron chi connectivity index (χ4n) is 2.20. The first-order valence-corrected chi connectivity index (χ1v) is 7.50. The lowest BCUT2D eigenvalue weighted by molar-refractivity contribution is 0.102. The first kappa shape index (κ1) is 13.3. The fourth-order valence-corrected chi connectivity index (χ4v) is 3.28. The molecule has 2 aromatic heterocycles. The van der Waals surface area contributed by atoms with Crippen molar-refractivity contribution >= 4 is 22.4 Å². The van der Waals surface area contributed by atoms with E-state index in [9.17, 15) is 4.79 Å². The summed E-state index contributed by atoms with van der Waals surface area (Å²) in [6.07, 6.45) is 1.78. The Morgan fingerprint density at radius 1 is 1.60 bits per heavy atom. The van der Waals surface area contributed by atoms with Gasteiger partial charge < -0.3 is 4.90 Å². The molecule has 2 N–H and O–H groups in total. The van der Waals surface area contributed by atoms with Gasteiger partial charge in [0.25, 0.3) is 5.91 Å². The molecule has 3 heterocycles. The van der Waals surface area contributed by atoms with Crippen molar-refractivity contribution in [1.82, 2.24) is 20.1 Å². The van der Waals surface area contributed by atoms with Crippen LogP contribution in [0.25, 0.3) is 0 Å². The standard InChI is InChI=1S/C13H17N5OS/c1-3-8-6-10(17-16-8)12(19)15-13-14-9-4-5-18(2)7-11(9)20-13/h6H,3-5,7H2,1-2H3,(H,16,17)(H,14,15,19). The summed E-state index contributed by atoms with van der Waals surface area (Å²) in [5.74, 6) is -0.208. The summed E-state index contributed by atoms with van der Waals surface area (Å²) >= 11 is 1.55. The molecular formula is C13H17N5OS. The normalized spacial score (nSPS) is 15.1. The Morgan fingerprint density at radius 2 is 2.45 bits per heavy atom. The number of nitrogens with zero attached hydrogens (tertiary/aromatic N) is 3. The van der Waals surface area contributed by atoms with Crippen molar-refractivity contribution in [2.45, 2.75) is 26.3 Å². The molecule has 1 amide bonds. The van der Waals surface area contributed by atoms with E-state index in [2.05, 4.69) is 32.4 Å². The molecule has 0 unspecified atom stereocenters. The third-order valence-corrected chi connectivity index (χ3v) is 4.38. The van der Waals surface area contributed by atoms with E-state index in [1.807, 2.05) is 6.92 Å².